The summed E-state index contributed by atoms with van der Waals surface area (Å²) < 4.78 is 0. The van der Waals surface area contributed by atoms with E-state index >= 15 is 0 Å². The number of nitrogens with zero attached hydrogens (tertiary/aromatic N) is 2. The van der Waals surface area contributed by atoms with Crippen LogP contribution in [0.5, 0.6) is 0 Å². The van der Waals surface area contributed by atoms with E-state index in [9.17, 15) is 4.79 Å². The first kappa shape index (κ1) is 16.6. The Balaban J connectivity index is 1.70. The molecule has 1 heterocycles. The van der Waals surface area contributed by atoms with Crippen LogP contribution in [0, 0.1) is 11.8 Å². The summed E-state index contributed by atoms with van der Waals surface area (Å²) in [6.45, 7) is 4.62. The first-order valence-corrected chi connectivity index (χ1v) is 9.85. The van der Waals surface area contributed by atoms with Gasteiger partial charge >= 0.3 is 0 Å². The third-order valence-electron chi connectivity index (χ3n) is 6.32. The lowest BCUT2D eigenvalue weighted by Crippen LogP contribution is -2.59. The molecule has 0 atom stereocenters. The van der Waals surface area contributed by atoms with E-state index in [1.54, 1.807) is 0 Å². The summed E-state index contributed by atoms with van der Waals surface area (Å²) in [5.74, 6) is 1.57. The maximum Gasteiger partial charge on any atom is 0.278 e. The standard InChI is InChI=1S/C21H29N3O/c1-15-7-9-17(10-8-15)23-24-20(25)18-5-3-4-6-19(18)22-21(24)13-11-16(2)12-14-21/h3-6,15-16,22H,7-14H2,1-2H3. The van der Waals surface area contributed by atoms with Crippen molar-refractivity contribution in [3.63, 3.8) is 0 Å². The SMILES string of the molecule is CC1CCC(=NN2C(=O)c3ccccc3NC23CCC(C)CC3)CC1. The number of benzene rings is 1. The molecule has 0 saturated heterocycles. The van der Waals surface area contributed by atoms with Gasteiger partial charge in [0.2, 0.25) is 0 Å². The Morgan fingerprint density at radius 1 is 1.04 bits per heavy atom. The molecule has 2 saturated carbocycles. The number of nitrogens with one attached hydrogen (secondary N) is 1. The van der Waals surface area contributed by atoms with Gasteiger partial charge in [-0.15, -0.1) is 0 Å². The van der Waals surface area contributed by atoms with Crippen molar-refractivity contribution < 1.29 is 4.79 Å². The molecule has 4 heteroatoms. The van der Waals surface area contributed by atoms with Crippen LogP contribution >= 0.6 is 0 Å². The van der Waals surface area contributed by atoms with Gasteiger partial charge < -0.3 is 5.32 Å². The molecular formula is C21H29N3O. The highest BCUT2D eigenvalue weighted by molar-refractivity contribution is 6.02. The van der Waals surface area contributed by atoms with Crippen molar-refractivity contribution in [2.75, 3.05) is 5.32 Å². The normalized spacial score (nSPS) is 32.3. The molecule has 1 aromatic rings. The molecule has 3 aliphatic rings. The zero-order valence-corrected chi connectivity index (χ0v) is 15.4. The van der Waals surface area contributed by atoms with E-state index in [2.05, 4.69) is 19.2 Å². The van der Waals surface area contributed by atoms with Crippen LogP contribution in [-0.4, -0.2) is 22.3 Å². The lowest BCUT2D eigenvalue weighted by molar-refractivity contribution is 0.0359. The molecule has 1 N–H and O–H groups in total. The van der Waals surface area contributed by atoms with Gasteiger partial charge in [0.05, 0.1) is 5.56 Å². The fraction of sp³-hybridized carbons (Fsp3) is 0.619. The van der Waals surface area contributed by atoms with Gasteiger partial charge in [-0.05, 0) is 75.3 Å². The summed E-state index contributed by atoms with van der Waals surface area (Å²) >= 11 is 0. The second-order valence-corrected chi connectivity index (χ2v) is 8.35. The number of para-hydroxylation sites is 1. The molecule has 2 fully saturated rings. The van der Waals surface area contributed by atoms with Crippen LogP contribution in [0.15, 0.2) is 29.4 Å². The van der Waals surface area contributed by atoms with Gasteiger partial charge in [0.15, 0.2) is 0 Å². The smallest absolute Gasteiger partial charge is 0.278 e. The topological polar surface area (TPSA) is 44.7 Å². The number of carbonyl (C=O) groups excluding carboxylic acids is 1. The van der Waals surface area contributed by atoms with Crippen molar-refractivity contribution in [2.45, 2.75) is 70.9 Å². The molecule has 1 aromatic carbocycles. The molecule has 1 amide bonds. The molecule has 2 aliphatic carbocycles. The maximum absolute atomic E-state index is 13.3. The lowest BCUT2D eigenvalue weighted by atomic mass is 9.80. The fourth-order valence-corrected chi connectivity index (χ4v) is 4.45. The molecule has 25 heavy (non-hydrogen) atoms. The van der Waals surface area contributed by atoms with Crippen molar-refractivity contribution >= 4 is 17.3 Å². The summed E-state index contributed by atoms with van der Waals surface area (Å²) in [7, 11) is 0. The monoisotopic (exact) mass is 339 g/mol. The highest BCUT2D eigenvalue weighted by atomic mass is 16.2. The van der Waals surface area contributed by atoms with Crippen molar-refractivity contribution in [3.8, 4) is 0 Å². The Bertz CT molecular complexity index is 678. The minimum Gasteiger partial charge on any atom is -0.360 e. The van der Waals surface area contributed by atoms with Crippen LogP contribution in [0.2, 0.25) is 0 Å². The third-order valence-corrected chi connectivity index (χ3v) is 6.32. The van der Waals surface area contributed by atoms with Crippen molar-refractivity contribution in [1.29, 1.82) is 0 Å². The Labute approximate surface area is 150 Å². The first-order chi connectivity index (χ1) is 12.1. The van der Waals surface area contributed by atoms with E-state index in [0.29, 0.717) is 0 Å². The number of hydrogen-bond acceptors (Lipinski definition) is 3. The molecule has 0 aromatic heterocycles. The Morgan fingerprint density at radius 3 is 2.40 bits per heavy atom. The molecule has 0 unspecified atom stereocenters. The zero-order chi connectivity index (χ0) is 17.4. The van der Waals surface area contributed by atoms with Gasteiger partial charge in [-0.2, -0.15) is 5.10 Å². The van der Waals surface area contributed by atoms with E-state index in [1.165, 1.54) is 18.6 Å². The van der Waals surface area contributed by atoms with Gasteiger partial charge in [-0.25, -0.2) is 5.01 Å². The average Bonchev–Trinajstić information content (AvgIpc) is 2.63. The predicted molar refractivity (Wildman–Crippen MR) is 102 cm³/mol. The summed E-state index contributed by atoms with van der Waals surface area (Å²) in [6.07, 6.45) is 8.66. The summed E-state index contributed by atoms with van der Waals surface area (Å²) in [5.41, 5.74) is 2.58. The predicted octanol–water partition coefficient (Wildman–Crippen LogP) is 5.03. The Hall–Kier alpha value is -1.84. The lowest BCUT2D eigenvalue weighted by Gasteiger charge is -2.49. The van der Waals surface area contributed by atoms with Crippen LogP contribution in [-0.2, 0) is 0 Å². The van der Waals surface area contributed by atoms with Crippen LogP contribution in [0.4, 0.5) is 5.69 Å². The molecule has 1 spiro atoms. The summed E-state index contributed by atoms with van der Waals surface area (Å²) in [4.78, 5) is 13.3. The van der Waals surface area contributed by atoms with Crippen LogP contribution in [0.25, 0.3) is 0 Å². The largest absolute Gasteiger partial charge is 0.360 e. The van der Waals surface area contributed by atoms with Gasteiger partial charge in [0.1, 0.15) is 5.66 Å². The fourth-order valence-electron chi connectivity index (χ4n) is 4.45. The van der Waals surface area contributed by atoms with E-state index in [-0.39, 0.29) is 11.6 Å². The minimum atomic E-state index is -0.339. The number of anilines is 1. The highest BCUT2D eigenvalue weighted by Crippen LogP contribution is 2.42. The van der Waals surface area contributed by atoms with E-state index in [4.69, 9.17) is 5.10 Å². The molecule has 1 aliphatic heterocycles. The second kappa shape index (κ2) is 6.47. The second-order valence-electron chi connectivity index (χ2n) is 8.35. The molecule has 0 bridgehead atoms. The van der Waals surface area contributed by atoms with Crippen LogP contribution < -0.4 is 5.32 Å². The number of rotatable bonds is 1. The number of hydrogen-bond donors (Lipinski definition) is 1. The number of hydrazone groups is 1. The molecule has 0 radical (unpaired) electrons. The number of carbonyl (C=O) groups is 1. The average molecular weight is 339 g/mol. The Morgan fingerprint density at radius 2 is 1.68 bits per heavy atom. The third kappa shape index (κ3) is 3.07. The van der Waals surface area contributed by atoms with Crippen LogP contribution in [0.1, 0.15) is 75.6 Å². The van der Waals surface area contributed by atoms with Gasteiger partial charge in [-0.1, -0.05) is 26.0 Å². The maximum atomic E-state index is 13.3. The van der Waals surface area contributed by atoms with Gasteiger partial charge in [0, 0.05) is 11.4 Å². The molecule has 4 nitrogen and oxygen atoms in total. The van der Waals surface area contributed by atoms with E-state index in [1.807, 2.05) is 29.3 Å². The van der Waals surface area contributed by atoms with E-state index < -0.39 is 0 Å². The Kier molecular flexibility index (Phi) is 4.30. The van der Waals surface area contributed by atoms with Crippen molar-refractivity contribution in [3.05, 3.63) is 29.8 Å². The minimum absolute atomic E-state index is 0.0648. The first-order valence-electron chi connectivity index (χ1n) is 9.85. The molecule has 134 valence electrons. The number of fused-ring (bicyclic) bond motifs is 1. The highest BCUT2D eigenvalue weighted by Gasteiger charge is 2.47. The van der Waals surface area contributed by atoms with Gasteiger partial charge in [0.25, 0.3) is 5.91 Å². The van der Waals surface area contributed by atoms with Crippen LogP contribution in [0.3, 0.4) is 0 Å². The van der Waals surface area contributed by atoms with Gasteiger partial charge in [-0.3, -0.25) is 4.79 Å². The number of amides is 1. The van der Waals surface area contributed by atoms with E-state index in [0.717, 1.165) is 61.6 Å². The van der Waals surface area contributed by atoms with Crippen molar-refractivity contribution in [1.82, 2.24) is 5.01 Å². The quantitative estimate of drug-likeness (QED) is 0.780. The summed E-state index contributed by atoms with van der Waals surface area (Å²) in [6, 6.07) is 7.88. The zero-order valence-electron chi connectivity index (χ0n) is 15.4. The molecular weight excluding hydrogens is 310 g/mol. The van der Waals surface area contributed by atoms with Crippen molar-refractivity contribution in [2.24, 2.45) is 16.9 Å². The molecule has 4 rings (SSSR count). The summed E-state index contributed by atoms with van der Waals surface area (Å²) in [5, 5.41) is 10.5.